The van der Waals surface area contributed by atoms with Crippen molar-refractivity contribution in [2.45, 2.75) is 119 Å². The van der Waals surface area contributed by atoms with Crippen molar-refractivity contribution in [3.05, 3.63) is 77.1 Å². The summed E-state index contributed by atoms with van der Waals surface area (Å²) >= 11 is 0. The number of carbonyl (C=O) groups excluding carboxylic acids is 2. The summed E-state index contributed by atoms with van der Waals surface area (Å²) in [6.45, 7) is -2.85. The molecule has 0 unspecified atom stereocenters. The average Bonchev–Trinajstić information content (AvgIpc) is 3.44. The highest BCUT2D eigenvalue weighted by atomic mass is 16.7. The van der Waals surface area contributed by atoms with Gasteiger partial charge in [-0.3, -0.25) is 0 Å². The fourth-order valence-corrected chi connectivity index (χ4v) is 9.97. The third-order valence-corrected chi connectivity index (χ3v) is 15.1. The van der Waals surface area contributed by atoms with Crippen LogP contribution in [0.3, 0.4) is 0 Å². The average molecular weight is 1080 g/mol. The van der Waals surface area contributed by atoms with Crippen LogP contribution in [0, 0.1) is 22.7 Å². The molecule has 2 saturated carbocycles. The highest BCUT2D eigenvalue weighted by Gasteiger charge is 2.48. The van der Waals surface area contributed by atoms with E-state index in [0.29, 0.717) is 41.2 Å². The summed E-state index contributed by atoms with van der Waals surface area (Å²) in [6.07, 6.45) is -10.6. The molecule has 76 heavy (non-hydrogen) atoms. The Morgan fingerprint density at radius 1 is 0.618 bits per heavy atom. The number of hydrogen-bond acceptors (Lipinski definition) is 23. The predicted octanol–water partition coefficient (Wildman–Crippen LogP) is -0.918. The van der Waals surface area contributed by atoms with Crippen molar-refractivity contribution < 1.29 is 113 Å². The molecule has 0 radical (unpaired) electrons. The number of aliphatic hydroxyl groups excluding tert-OH is 12. The van der Waals surface area contributed by atoms with E-state index in [0.717, 1.165) is 6.26 Å². The van der Waals surface area contributed by atoms with Gasteiger partial charge in [-0.25, -0.2) is 9.59 Å². The molecule has 12 N–H and O–H groups in total. The molecule has 2 aromatic rings. The summed E-state index contributed by atoms with van der Waals surface area (Å²) in [7, 11) is 4.39. The predicted molar refractivity (Wildman–Crippen MR) is 264 cm³/mol. The third-order valence-electron chi connectivity index (χ3n) is 15.1. The van der Waals surface area contributed by atoms with Crippen molar-refractivity contribution in [2.75, 3.05) is 67.6 Å². The molecule has 0 aromatic heterocycles. The Morgan fingerprint density at radius 3 is 1.68 bits per heavy atom. The largest absolute Gasteiger partial charge is 0.497 e. The van der Waals surface area contributed by atoms with E-state index in [1.54, 1.807) is 42.5 Å². The smallest absolute Gasteiger partial charge is 0.339 e. The second-order valence-corrected chi connectivity index (χ2v) is 19.9. The molecule has 2 aliphatic heterocycles. The van der Waals surface area contributed by atoms with Crippen molar-refractivity contribution in [2.24, 2.45) is 22.7 Å². The summed E-state index contributed by atoms with van der Waals surface area (Å²) in [6, 6.07) is 11.5. The summed E-state index contributed by atoms with van der Waals surface area (Å²) < 4.78 is 50.1. The molecular weight excluding hydrogens is 1000 g/mol. The van der Waals surface area contributed by atoms with Crippen LogP contribution in [0.15, 0.2) is 65.9 Å². The van der Waals surface area contributed by atoms with Crippen LogP contribution in [-0.4, -0.2) is 214 Å². The SMILES string of the molecule is COc1ccc(/C=C(C(=O)OC[C@H]2CC[C@@](/C=C\O[C@@H]3O[C@H](CO)[C@@H](O)[C@H](O)[C@H]3O)(CO)[C@@H](O)C2)\C(=C/c2ccc(OC)c(OC)c2)C(=O)OC[C@H]2CC[C@](CO)(CCO[C@@H]3O[C@H](CO)[C@@H](O)[C@H](O)[C@H]3O)[C@@H](O)C2)cc1. The van der Waals surface area contributed by atoms with Crippen LogP contribution in [0.25, 0.3) is 12.2 Å². The van der Waals surface area contributed by atoms with Crippen LogP contribution in [0.1, 0.15) is 56.1 Å². The van der Waals surface area contributed by atoms with Gasteiger partial charge >= 0.3 is 11.9 Å². The minimum Gasteiger partial charge on any atom is -0.497 e. The molecule has 23 heteroatoms. The van der Waals surface area contributed by atoms with Crippen LogP contribution in [0.5, 0.6) is 17.2 Å². The summed E-state index contributed by atoms with van der Waals surface area (Å²) in [5, 5.41) is 124. The highest BCUT2D eigenvalue weighted by molar-refractivity contribution is 6.12. The Kier molecular flexibility index (Phi) is 22.0. The molecular formula is C53H74O23. The summed E-state index contributed by atoms with van der Waals surface area (Å²) in [5.41, 5.74) is -1.85. The zero-order valence-corrected chi connectivity index (χ0v) is 42.7. The number of esters is 2. The maximum absolute atomic E-state index is 14.6. The van der Waals surface area contributed by atoms with E-state index in [1.165, 1.54) is 39.6 Å². The molecule has 2 aromatic carbocycles. The van der Waals surface area contributed by atoms with Gasteiger partial charge in [-0.1, -0.05) is 18.2 Å². The summed E-state index contributed by atoms with van der Waals surface area (Å²) in [5.74, 6) is -1.46. The molecule has 23 nitrogen and oxygen atoms in total. The van der Waals surface area contributed by atoms with Crippen LogP contribution < -0.4 is 14.2 Å². The molecule has 4 fully saturated rings. The van der Waals surface area contributed by atoms with Gasteiger partial charge < -0.3 is 104 Å². The topological polar surface area (TPSA) is 360 Å². The van der Waals surface area contributed by atoms with Crippen LogP contribution in [0.4, 0.5) is 0 Å². The van der Waals surface area contributed by atoms with Crippen LogP contribution in [0.2, 0.25) is 0 Å². The van der Waals surface area contributed by atoms with Crippen molar-refractivity contribution >= 4 is 24.1 Å². The number of rotatable bonds is 23. The molecule has 2 heterocycles. The van der Waals surface area contributed by atoms with Crippen LogP contribution in [-0.2, 0) is 38.0 Å². The monoisotopic (exact) mass is 1080 g/mol. The first-order valence-corrected chi connectivity index (χ1v) is 25.2. The van der Waals surface area contributed by atoms with E-state index in [2.05, 4.69) is 0 Å². The molecule has 0 amide bonds. The number of methoxy groups -OCH3 is 3. The lowest BCUT2D eigenvalue weighted by Gasteiger charge is -2.44. The van der Waals surface area contributed by atoms with E-state index < -0.39 is 135 Å². The van der Waals surface area contributed by atoms with Gasteiger partial charge in [0.25, 0.3) is 0 Å². The molecule has 2 saturated heterocycles. The van der Waals surface area contributed by atoms with E-state index in [9.17, 15) is 70.9 Å². The fraction of sp³-hybridized carbons (Fsp3) is 0.623. The summed E-state index contributed by atoms with van der Waals surface area (Å²) in [4.78, 5) is 29.1. The Labute approximate surface area is 439 Å². The number of ether oxygens (including phenoxy) is 9. The molecule has 6 rings (SSSR count). The third kappa shape index (κ3) is 14.3. The molecule has 16 atom stereocenters. The molecule has 0 bridgehead atoms. The maximum Gasteiger partial charge on any atom is 0.339 e. The highest BCUT2D eigenvalue weighted by Crippen LogP contribution is 2.43. The first-order valence-electron chi connectivity index (χ1n) is 25.2. The van der Waals surface area contributed by atoms with Gasteiger partial charge in [0.15, 0.2) is 17.8 Å². The lowest BCUT2D eigenvalue weighted by Crippen LogP contribution is -2.59. The molecule has 4 aliphatic rings. The number of benzene rings is 2. The first-order chi connectivity index (χ1) is 36.4. The van der Waals surface area contributed by atoms with Gasteiger partial charge in [-0.05, 0) is 110 Å². The molecule has 2 aliphatic carbocycles. The van der Waals surface area contributed by atoms with E-state index in [4.69, 9.17) is 42.6 Å². The molecule has 0 spiro atoms. The van der Waals surface area contributed by atoms with Gasteiger partial charge in [0.2, 0.25) is 6.29 Å². The standard InChI is InChI=1S/C53H74O23/c1-68-33-7-4-29(5-8-33)18-34(48(66)73-25-31-10-12-52(27-56,40(58)21-31)14-16-71-50-46(64)44(62)42(60)38(23-54)75-50)35(19-30-6-9-36(69-2)37(20-30)70-3)49(67)74-26-32-11-13-53(28-57,41(59)22-32)15-17-72-51-47(65)45(63)43(61)39(24-55)76-51/h4-9,14,16,18-20,31-32,38-47,50-51,54-65H,10-13,15,17,21-28H2,1-3H3/b16-14-,34-18+,35-19+/t31-,32-,38+,39+,40-,41-,42+,43+,44-,45-,46+,47+,50+,51+,52+,53+/m0/s1. The van der Waals surface area contributed by atoms with Gasteiger partial charge in [0.1, 0.15) is 54.6 Å². The minimum atomic E-state index is -1.68. The Hall–Kier alpha value is -4.80. The van der Waals surface area contributed by atoms with Crippen molar-refractivity contribution in [1.82, 2.24) is 0 Å². The van der Waals surface area contributed by atoms with Gasteiger partial charge in [0.05, 0.1) is 97.2 Å². The van der Waals surface area contributed by atoms with Crippen molar-refractivity contribution in [3.8, 4) is 17.2 Å². The van der Waals surface area contributed by atoms with Crippen LogP contribution >= 0.6 is 0 Å². The van der Waals surface area contributed by atoms with Crippen molar-refractivity contribution in [3.63, 3.8) is 0 Å². The molecule has 424 valence electrons. The second kappa shape index (κ2) is 27.7. The second-order valence-electron chi connectivity index (χ2n) is 19.9. The van der Waals surface area contributed by atoms with E-state index in [-0.39, 0.29) is 63.1 Å². The Bertz CT molecular complexity index is 2270. The lowest BCUT2D eigenvalue weighted by molar-refractivity contribution is -0.302. The lowest BCUT2D eigenvalue weighted by atomic mass is 9.67. The first kappa shape index (κ1) is 60.4. The fourth-order valence-electron chi connectivity index (χ4n) is 9.97. The van der Waals surface area contributed by atoms with Gasteiger partial charge in [-0.15, -0.1) is 0 Å². The zero-order valence-electron chi connectivity index (χ0n) is 42.7. The van der Waals surface area contributed by atoms with Crippen molar-refractivity contribution in [1.29, 1.82) is 0 Å². The minimum absolute atomic E-state index is 0.0439. The Morgan fingerprint density at radius 2 is 1.16 bits per heavy atom. The maximum atomic E-state index is 14.6. The van der Waals surface area contributed by atoms with E-state index >= 15 is 0 Å². The zero-order chi connectivity index (χ0) is 55.3. The van der Waals surface area contributed by atoms with Gasteiger partial charge in [-0.2, -0.15) is 0 Å². The van der Waals surface area contributed by atoms with E-state index in [1.807, 2.05) is 0 Å². The number of carbonyl (C=O) groups is 2. The normalized spacial score (nSPS) is 34.4. The quantitative estimate of drug-likeness (QED) is 0.0277. The van der Waals surface area contributed by atoms with Gasteiger partial charge in [0, 0.05) is 10.8 Å². The Balaban J connectivity index is 1.18. The number of aliphatic hydroxyl groups is 12. The number of hydrogen-bond donors (Lipinski definition) is 12.